The smallest absolute Gasteiger partial charge is 0.322 e. The molecule has 0 bridgehead atoms. The Labute approximate surface area is 130 Å². The lowest BCUT2D eigenvalue weighted by atomic mass is 10.1. The molecule has 0 aromatic rings. The van der Waals surface area contributed by atoms with Crippen LogP contribution in [0.2, 0.25) is 0 Å². The van der Waals surface area contributed by atoms with E-state index in [0.717, 1.165) is 0 Å². The number of carboxylic acids is 2. The van der Waals surface area contributed by atoms with Gasteiger partial charge >= 0.3 is 11.9 Å². The largest absolute Gasteiger partial charge is 0.481 e. The molecule has 10 nitrogen and oxygen atoms in total. The molecular formula is C11H17N3O7S. The minimum atomic E-state index is -1.25. The van der Waals surface area contributed by atoms with Crippen LogP contribution in [-0.4, -0.2) is 52.3 Å². The van der Waals surface area contributed by atoms with Crippen molar-refractivity contribution >= 4 is 35.7 Å². The summed E-state index contributed by atoms with van der Waals surface area (Å²) >= 11 is 0.502. The number of hydrogen-bond donors (Lipinski definition) is 4. The minimum Gasteiger partial charge on any atom is -0.481 e. The number of carbonyl (C=O) groups is 4. The topological polar surface area (TPSA) is 162 Å². The third-order valence-corrected chi connectivity index (χ3v) is 3.17. The third kappa shape index (κ3) is 8.89. The molecule has 0 aliphatic heterocycles. The van der Waals surface area contributed by atoms with Crippen molar-refractivity contribution < 1.29 is 29.4 Å². The number of nitroso groups, excluding NO2 is 1. The van der Waals surface area contributed by atoms with Gasteiger partial charge in [-0.2, -0.15) is 0 Å². The molecular weight excluding hydrogens is 318 g/mol. The van der Waals surface area contributed by atoms with Gasteiger partial charge in [-0.15, -0.1) is 4.91 Å². The van der Waals surface area contributed by atoms with Crippen molar-refractivity contribution in [1.82, 2.24) is 10.6 Å². The van der Waals surface area contributed by atoms with Crippen LogP contribution in [0.1, 0.15) is 19.8 Å². The van der Waals surface area contributed by atoms with E-state index >= 15 is 0 Å². The van der Waals surface area contributed by atoms with Crippen molar-refractivity contribution in [2.75, 3.05) is 12.3 Å². The second-order valence-corrected chi connectivity index (χ2v) is 5.12. The molecule has 0 saturated heterocycles. The zero-order chi connectivity index (χ0) is 17.1. The molecule has 0 aromatic heterocycles. The molecule has 0 aliphatic carbocycles. The fourth-order valence-electron chi connectivity index (χ4n) is 1.31. The molecule has 2 amide bonds. The Kier molecular flexibility index (Phi) is 9.50. The lowest BCUT2D eigenvalue weighted by Crippen LogP contribution is -2.49. The maximum Gasteiger partial charge on any atom is 0.322 e. The Balaban J connectivity index is 4.46. The van der Waals surface area contributed by atoms with E-state index in [1.54, 1.807) is 0 Å². The highest BCUT2D eigenvalue weighted by atomic mass is 32.2. The molecule has 2 atom stereocenters. The van der Waals surface area contributed by atoms with E-state index in [-0.39, 0.29) is 18.6 Å². The summed E-state index contributed by atoms with van der Waals surface area (Å²) in [7, 11) is 0. The Morgan fingerprint density at radius 2 is 1.86 bits per heavy atom. The number of carboxylic acid groups (broad SMARTS) is 2. The number of nitrogens with zero attached hydrogens (tertiary/aromatic N) is 1. The summed E-state index contributed by atoms with van der Waals surface area (Å²) < 4.78 is 2.50. The molecule has 2 unspecified atom stereocenters. The first-order valence-corrected chi connectivity index (χ1v) is 7.18. The zero-order valence-electron chi connectivity index (χ0n) is 11.8. The summed E-state index contributed by atoms with van der Waals surface area (Å²) in [5.74, 6) is -4.50. The Hall–Kier alpha value is -2.17. The highest BCUT2D eigenvalue weighted by Gasteiger charge is 2.22. The normalized spacial score (nSPS) is 12.8. The van der Waals surface area contributed by atoms with E-state index < -0.39 is 42.3 Å². The Morgan fingerprint density at radius 1 is 1.23 bits per heavy atom. The lowest BCUT2D eigenvalue weighted by Gasteiger charge is -2.16. The van der Waals surface area contributed by atoms with Gasteiger partial charge in [-0.25, -0.2) is 0 Å². The number of aliphatic carboxylic acids is 2. The molecule has 0 spiro atoms. The van der Waals surface area contributed by atoms with Gasteiger partial charge in [-0.3, -0.25) is 19.2 Å². The van der Waals surface area contributed by atoms with E-state index in [0.29, 0.717) is 11.9 Å². The molecule has 0 radical (unpaired) electrons. The van der Waals surface area contributed by atoms with Crippen LogP contribution in [0.5, 0.6) is 0 Å². The van der Waals surface area contributed by atoms with Crippen molar-refractivity contribution in [3.63, 3.8) is 0 Å². The average molecular weight is 335 g/mol. The average Bonchev–Trinajstić information content (AvgIpc) is 2.46. The van der Waals surface area contributed by atoms with Gasteiger partial charge in [0.1, 0.15) is 12.6 Å². The monoisotopic (exact) mass is 335 g/mol. The number of nitrogens with one attached hydrogen (secondary N) is 2. The lowest BCUT2D eigenvalue weighted by molar-refractivity contribution is -0.141. The highest BCUT2D eigenvalue weighted by molar-refractivity contribution is 7.97. The predicted molar refractivity (Wildman–Crippen MR) is 76.9 cm³/mol. The SMILES string of the molecule is CC(CCC(=O)NC(CSN=O)C(=O)NCC(=O)O)C(=O)O. The molecule has 0 aliphatic rings. The fourth-order valence-corrected chi connectivity index (χ4v) is 1.76. The predicted octanol–water partition coefficient (Wildman–Crippen LogP) is -0.412. The van der Waals surface area contributed by atoms with Gasteiger partial charge in [-0.05, 0) is 6.42 Å². The van der Waals surface area contributed by atoms with Crippen LogP contribution in [0.3, 0.4) is 0 Å². The number of rotatable bonds is 11. The first kappa shape index (κ1) is 19.8. The molecule has 124 valence electrons. The van der Waals surface area contributed by atoms with Crippen molar-refractivity contribution in [2.45, 2.75) is 25.8 Å². The van der Waals surface area contributed by atoms with Crippen LogP contribution in [0, 0.1) is 10.8 Å². The quantitative estimate of drug-likeness (QED) is 0.292. The van der Waals surface area contributed by atoms with Crippen molar-refractivity contribution in [1.29, 1.82) is 0 Å². The first-order valence-electron chi connectivity index (χ1n) is 6.24. The molecule has 4 N–H and O–H groups in total. The van der Waals surface area contributed by atoms with E-state index in [9.17, 15) is 24.1 Å². The summed E-state index contributed by atoms with van der Waals surface area (Å²) in [6, 6.07) is -1.13. The van der Waals surface area contributed by atoms with Crippen molar-refractivity contribution in [2.24, 2.45) is 10.5 Å². The van der Waals surface area contributed by atoms with E-state index in [1.807, 2.05) is 0 Å². The summed E-state index contributed by atoms with van der Waals surface area (Å²) in [4.78, 5) is 54.4. The molecule has 0 heterocycles. The maximum absolute atomic E-state index is 11.7. The van der Waals surface area contributed by atoms with Crippen LogP contribution in [-0.2, 0) is 19.2 Å². The Bertz CT molecular complexity index is 443. The molecule has 11 heteroatoms. The molecule has 22 heavy (non-hydrogen) atoms. The summed E-state index contributed by atoms with van der Waals surface area (Å²) in [5, 5.41) is 21.6. The minimum absolute atomic E-state index is 0.0870. The van der Waals surface area contributed by atoms with Gasteiger partial charge in [0.15, 0.2) is 0 Å². The van der Waals surface area contributed by atoms with Crippen molar-refractivity contribution in [3.8, 4) is 0 Å². The summed E-state index contributed by atoms with van der Waals surface area (Å²) in [6.07, 6.45) is -0.0287. The van der Waals surface area contributed by atoms with Gasteiger partial charge in [0, 0.05) is 28.7 Å². The van der Waals surface area contributed by atoms with Crippen molar-refractivity contribution in [3.05, 3.63) is 4.91 Å². The highest BCUT2D eigenvalue weighted by Crippen LogP contribution is 2.07. The molecule has 0 saturated carbocycles. The Morgan fingerprint density at radius 3 is 2.36 bits per heavy atom. The second-order valence-electron chi connectivity index (χ2n) is 4.38. The van der Waals surface area contributed by atoms with E-state index in [4.69, 9.17) is 10.2 Å². The number of carbonyl (C=O) groups excluding carboxylic acids is 2. The number of hydrogen-bond acceptors (Lipinski definition) is 7. The molecule has 0 fully saturated rings. The van der Waals surface area contributed by atoms with E-state index in [2.05, 4.69) is 15.2 Å². The summed E-state index contributed by atoms with van der Waals surface area (Å²) in [6.45, 7) is 0.819. The summed E-state index contributed by atoms with van der Waals surface area (Å²) in [5.41, 5.74) is 0. The maximum atomic E-state index is 11.7. The van der Waals surface area contributed by atoms with Crippen LogP contribution in [0.25, 0.3) is 0 Å². The zero-order valence-corrected chi connectivity index (χ0v) is 12.6. The standard InChI is InChI=1S/C11H17N3O7S/c1-6(11(19)20)2-3-8(15)13-7(5-22-14-21)10(18)12-4-9(16)17/h6-7H,2-5H2,1H3,(H,12,18)(H,13,15)(H,16,17)(H,19,20). The van der Waals surface area contributed by atoms with Crippen LogP contribution < -0.4 is 10.6 Å². The fraction of sp³-hybridized carbons (Fsp3) is 0.636. The molecule has 0 rings (SSSR count). The second kappa shape index (κ2) is 10.5. The van der Waals surface area contributed by atoms with Crippen LogP contribution >= 0.6 is 11.9 Å². The van der Waals surface area contributed by atoms with E-state index in [1.165, 1.54) is 6.92 Å². The van der Waals surface area contributed by atoms with Crippen LogP contribution in [0.15, 0.2) is 4.58 Å². The first-order chi connectivity index (χ1) is 10.3. The van der Waals surface area contributed by atoms with Gasteiger partial charge in [0.25, 0.3) is 0 Å². The number of amides is 2. The van der Waals surface area contributed by atoms with Crippen LogP contribution in [0.4, 0.5) is 0 Å². The molecule has 0 aromatic carbocycles. The van der Waals surface area contributed by atoms with Gasteiger partial charge in [0.05, 0.1) is 5.92 Å². The third-order valence-electron chi connectivity index (χ3n) is 2.59. The van der Waals surface area contributed by atoms with Gasteiger partial charge in [0.2, 0.25) is 11.8 Å². The van der Waals surface area contributed by atoms with Gasteiger partial charge in [-0.1, -0.05) is 6.92 Å². The van der Waals surface area contributed by atoms with Gasteiger partial charge < -0.3 is 20.8 Å².